The Bertz CT molecular complexity index is 777. The Hall–Kier alpha value is -2.75. The SMILES string of the molecule is CCOC(=O)c1c[nH]c2cccc(OCc3ccccc3)c12. The molecular formula is C18H17NO3. The van der Waals surface area contributed by atoms with E-state index < -0.39 is 0 Å². The summed E-state index contributed by atoms with van der Waals surface area (Å²) in [7, 11) is 0. The molecule has 0 amide bonds. The number of aromatic amines is 1. The van der Waals surface area contributed by atoms with E-state index in [0.717, 1.165) is 16.5 Å². The molecule has 3 aromatic rings. The van der Waals surface area contributed by atoms with E-state index in [-0.39, 0.29) is 5.97 Å². The molecule has 0 bridgehead atoms. The molecule has 4 heteroatoms. The van der Waals surface area contributed by atoms with Gasteiger partial charge in [-0.25, -0.2) is 4.79 Å². The molecule has 0 atom stereocenters. The Labute approximate surface area is 128 Å². The zero-order chi connectivity index (χ0) is 15.4. The molecule has 4 nitrogen and oxygen atoms in total. The molecule has 0 aliphatic heterocycles. The summed E-state index contributed by atoms with van der Waals surface area (Å²) in [5.74, 6) is 0.329. The van der Waals surface area contributed by atoms with Crippen molar-refractivity contribution in [3.05, 3.63) is 65.9 Å². The van der Waals surface area contributed by atoms with Crippen molar-refractivity contribution in [3.63, 3.8) is 0 Å². The molecule has 0 fully saturated rings. The summed E-state index contributed by atoms with van der Waals surface area (Å²) in [4.78, 5) is 15.1. The van der Waals surface area contributed by atoms with Crippen LogP contribution in [0.1, 0.15) is 22.8 Å². The second-order valence-electron chi connectivity index (χ2n) is 4.88. The van der Waals surface area contributed by atoms with E-state index in [1.165, 1.54) is 0 Å². The van der Waals surface area contributed by atoms with Crippen molar-refractivity contribution in [2.75, 3.05) is 6.61 Å². The van der Waals surface area contributed by atoms with Crippen LogP contribution in [0, 0.1) is 0 Å². The quantitative estimate of drug-likeness (QED) is 0.726. The minimum Gasteiger partial charge on any atom is -0.488 e. The Kier molecular flexibility index (Phi) is 4.10. The third-order valence-corrected chi connectivity index (χ3v) is 3.40. The van der Waals surface area contributed by atoms with Crippen LogP contribution >= 0.6 is 0 Å². The fourth-order valence-electron chi connectivity index (χ4n) is 2.38. The van der Waals surface area contributed by atoms with E-state index in [1.54, 1.807) is 13.1 Å². The minimum atomic E-state index is -0.343. The number of hydrogen-bond donors (Lipinski definition) is 1. The van der Waals surface area contributed by atoms with Crippen molar-refractivity contribution in [1.29, 1.82) is 0 Å². The molecule has 3 rings (SSSR count). The van der Waals surface area contributed by atoms with Gasteiger partial charge < -0.3 is 14.5 Å². The number of fused-ring (bicyclic) bond motifs is 1. The van der Waals surface area contributed by atoms with E-state index in [4.69, 9.17) is 9.47 Å². The largest absolute Gasteiger partial charge is 0.488 e. The predicted octanol–water partition coefficient (Wildman–Crippen LogP) is 3.92. The molecule has 0 spiro atoms. The van der Waals surface area contributed by atoms with Gasteiger partial charge in [-0.3, -0.25) is 0 Å². The molecule has 0 radical (unpaired) electrons. The van der Waals surface area contributed by atoms with Crippen molar-refractivity contribution in [3.8, 4) is 5.75 Å². The fourth-order valence-corrected chi connectivity index (χ4v) is 2.38. The second-order valence-corrected chi connectivity index (χ2v) is 4.88. The highest BCUT2D eigenvalue weighted by atomic mass is 16.5. The van der Waals surface area contributed by atoms with Gasteiger partial charge in [0.25, 0.3) is 0 Å². The number of esters is 1. The number of nitrogens with one attached hydrogen (secondary N) is 1. The Morgan fingerprint density at radius 3 is 2.68 bits per heavy atom. The number of carbonyl (C=O) groups is 1. The smallest absolute Gasteiger partial charge is 0.340 e. The molecule has 0 unspecified atom stereocenters. The van der Waals surface area contributed by atoms with Crippen LogP contribution in [0.2, 0.25) is 0 Å². The standard InChI is InChI=1S/C18H17NO3/c1-2-21-18(20)14-11-19-15-9-6-10-16(17(14)15)22-12-13-7-4-3-5-8-13/h3-11,19H,2,12H2,1H3. The third kappa shape index (κ3) is 2.81. The van der Waals surface area contributed by atoms with Gasteiger partial charge in [-0.2, -0.15) is 0 Å². The van der Waals surface area contributed by atoms with Gasteiger partial charge in [-0.05, 0) is 24.6 Å². The molecule has 1 heterocycles. The normalized spacial score (nSPS) is 10.6. The van der Waals surface area contributed by atoms with Crippen LogP contribution in [0.5, 0.6) is 5.75 Å². The summed E-state index contributed by atoms with van der Waals surface area (Å²) in [6.45, 7) is 2.59. The maximum atomic E-state index is 12.0. The van der Waals surface area contributed by atoms with Gasteiger partial charge in [0, 0.05) is 6.20 Å². The summed E-state index contributed by atoms with van der Waals surface area (Å²) in [6, 6.07) is 15.6. The molecule has 22 heavy (non-hydrogen) atoms. The summed E-state index contributed by atoms with van der Waals surface area (Å²) < 4.78 is 11.0. The van der Waals surface area contributed by atoms with E-state index >= 15 is 0 Å². The minimum absolute atomic E-state index is 0.343. The van der Waals surface area contributed by atoms with Crippen LogP contribution in [-0.2, 0) is 11.3 Å². The number of carbonyl (C=O) groups excluding carboxylic acids is 1. The van der Waals surface area contributed by atoms with E-state index in [1.807, 2.05) is 48.5 Å². The molecular weight excluding hydrogens is 278 g/mol. The molecule has 1 N–H and O–H groups in total. The lowest BCUT2D eigenvalue weighted by Crippen LogP contribution is -2.04. The van der Waals surface area contributed by atoms with Crippen molar-refractivity contribution in [2.24, 2.45) is 0 Å². The van der Waals surface area contributed by atoms with Crippen LogP contribution in [0.15, 0.2) is 54.7 Å². The monoisotopic (exact) mass is 295 g/mol. The molecule has 1 aromatic heterocycles. The summed E-state index contributed by atoms with van der Waals surface area (Å²) in [5, 5.41) is 0.761. The fraction of sp³-hybridized carbons (Fsp3) is 0.167. The van der Waals surface area contributed by atoms with Gasteiger partial charge in [0.15, 0.2) is 0 Å². The summed E-state index contributed by atoms with van der Waals surface area (Å²) in [5.41, 5.74) is 2.43. The first-order chi connectivity index (χ1) is 10.8. The lowest BCUT2D eigenvalue weighted by atomic mass is 10.1. The van der Waals surface area contributed by atoms with Crippen molar-refractivity contribution < 1.29 is 14.3 Å². The van der Waals surface area contributed by atoms with Crippen molar-refractivity contribution >= 4 is 16.9 Å². The molecule has 112 valence electrons. The van der Waals surface area contributed by atoms with Gasteiger partial charge in [0.1, 0.15) is 12.4 Å². The maximum Gasteiger partial charge on any atom is 0.340 e. The highest BCUT2D eigenvalue weighted by Crippen LogP contribution is 2.29. The Morgan fingerprint density at radius 1 is 1.09 bits per heavy atom. The number of aromatic nitrogens is 1. The molecule has 0 aliphatic carbocycles. The number of H-pyrrole nitrogens is 1. The van der Waals surface area contributed by atoms with Gasteiger partial charge >= 0.3 is 5.97 Å². The van der Waals surface area contributed by atoms with Crippen LogP contribution < -0.4 is 4.74 Å². The maximum absolute atomic E-state index is 12.0. The van der Waals surface area contributed by atoms with E-state index in [0.29, 0.717) is 24.5 Å². The average Bonchev–Trinajstić information content (AvgIpc) is 2.99. The lowest BCUT2D eigenvalue weighted by Gasteiger charge is -2.09. The average molecular weight is 295 g/mol. The number of ether oxygens (including phenoxy) is 2. The van der Waals surface area contributed by atoms with Crippen LogP contribution in [0.25, 0.3) is 10.9 Å². The van der Waals surface area contributed by atoms with E-state index in [9.17, 15) is 4.79 Å². The van der Waals surface area contributed by atoms with Gasteiger partial charge in [-0.1, -0.05) is 36.4 Å². The van der Waals surface area contributed by atoms with Crippen molar-refractivity contribution in [2.45, 2.75) is 13.5 Å². The topological polar surface area (TPSA) is 51.3 Å². The first-order valence-corrected chi connectivity index (χ1v) is 7.23. The van der Waals surface area contributed by atoms with Crippen LogP contribution in [0.3, 0.4) is 0 Å². The Morgan fingerprint density at radius 2 is 1.91 bits per heavy atom. The third-order valence-electron chi connectivity index (χ3n) is 3.40. The van der Waals surface area contributed by atoms with Gasteiger partial charge in [-0.15, -0.1) is 0 Å². The first-order valence-electron chi connectivity index (χ1n) is 7.23. The number of rotatable bonds is 5. The summed E-state index contributed by atoms with van der Waals surface area (Å²) >= 11 is 0. The second kappa shape index (κ2) is 6.35. The van der Waals surface area contributed by atoms with Crippen LogP contribution in [-0.4, -0.2) is 17.6 Å². The summed E-state index contributed by atoms with van der Waals surface area (Å²) in [6.07, 6.45) is 1.66. The predicted molar refractivity (Wildman–Crippen MR) is 85.0 cm³/mol. The Balaban J connectivity index is 1.92. The highest BCUT2D eigenvalue weighted by molar-refractivity contribution is 6.06. The number of hydrogen-bond acceptors (Lipinski definition) is 3. The zero-order valence-corrected chi connectivity index (χ0v) is 12.3. The first kappa shape index (κ1) is 14.2. The van der Waals surface area contributed by atoms with Gasteiger partial charge in [0.05, 0.1) is 23.1 Å². The number of benzene rings is 2. The zero-order valence-electron chi connectivity index (χ0n) is 12.3. The van der Waals surface area contributed by atoms with Crippen molar-refractivity contribution in [1.82, 2.24) is 4.98 Å². The lowest BCUT2D eigenvalue weighted by molar-refractivity contribution is 0.0528. The molecule has 0 saturated carbocycles. The molecule has 0 saturated heterocycles. The highest BCUT2D eigenvalue weighted by Gasteiger charge is 2.16. The molecule has 0 aliphatic rings. The van der Waals surface area contributed by atoms with Gasteiger partial charge in [0.2, 0.25) is 0 Å². The molecule has 2 aromatic carbocycles. The van der Waals surface area contributed by atoms with Crippen LogP contribution in [0.4, 0.5) is 0 Å². The van der Waals surface area contributed by atoms with E-state index in [2.05, 4.69) is 4.98 Å².